The van der Waals surface area contributed by atoms with Crippen LogP contribution in [0.2, 0.25) is 0 Å². The summed E-state index contributed by atoms with van der Waals surface area (Å²) >= 11 is 2.12. The monoisotopic (exact) mass is 455 g/mol. The Labute approximate surface area is 184 Å². The van der Waals surface area contributed by atoms with Crippen molar-refractivity contribution >= 4 is 51.1 Å². The molecule has 10 heteroatoms. The van der Waals surface area contributed by atoms with Gasteiger partial charge in [0.2, 0.25) is 0 Å². The van der Waals surface area contributed by atoms with Gasteiger partial charge in [-0.25, -0.2) is 14.2 Å². The van der Waals surface area contributed by atoms with Gasteiger partial charge in [0.15, 0.2) is 0 Å². The molecule has 1 N–H and O–H groups in total. The predicted octanol–water partition coefficient (Wildman–Crippen LogP) is 3.26. The second-order valence-electron chi connectivity index (χ2n) is 6.47. The van der Waals surface area contributed by atoms with E-state index in [-0.39, 0.29) is 26.7 Å². The fourth-order valence-electron chi connectivity index (χ4n) is 3.24. The SMILES string of the molecule is CCN(C(=O)c1csc(-n2c(=O)[nH]c3csc(C(=O)OC)c3c2=O)c1)c1ccccc1. The third kappa shape index (κ3) is 3.60. The van der Waals surface area contributed by atoms with Crippen LogP contribution in [0.1, 0.15) is 27.0 Å². The van der Waals surface area contributed by atoms with E-state index in [1.54, 1.807) is 10.3 Å². The van der Waals surface area contributed by atoms with Gasteiger partial charge < -0.3 is 14.6 Å². The lowest BCUT2D eigenvalue weighted by Crippen LogP contribution is -2.33. The van der Waals surface area contributed by atoms with Crippen molar-refractivity contribution < 1.29 is 14.3 Å². The molecule has 0 unspecified atom stereocenters. The summed E-state index contributed by atoms with van der Waals surface area (Å²) in [6, 6.07) is 10.7. The molecule has 0 aliphatic heterocycles. The molecular weight excluding hydrogens is 438 g/mol. The zero-order chi connectivity index (χ0) is 22.1. The molecule has 4 aromatic rings. The van der Waals surface area contributed by atoms with Crippen molar-refractivity contribution in [2.24, 2.45) is 0 Å². The molecular formula is C21H17N3O5S2. The molecule has 3 aromatic heterocycles. The standard InChI is InChI=1S/C21H17N3O5S2/c1-3-23(13-7-5-4-6-8-13)18(25)12-9-15(30-10-12)24-19(26)16-14(22-21(24)28)11-31-17(16)20(27)29-2/h4-11H,3H2,1-2H3,(H,22,28). The van der Waals surface area contributed by atoms with Gasteiger partial charge in [0.25, 0.3) is 11.5 Å². The summed E-state index contributed by atoms with van der Waals surface area (Å²) in [4.78, 5) is 55.1. The molecule has 1 aromatic carbocycles. The molecule has 8 nitrogen and oxygen atoms in total. The van der Waals surface area contributed by atoms with Gasteiger partial charge in [-0.15, -0.1) is 22.7 Å². The summed E-state index contributed by atoms with van der Waals surface area (Å²) in [6.45, 7) is 2.32. The largest absolute Gasteiger partial charge is 0.465 e. The summed E-state index contributed by atoms with van der Waals surface area (Å²) in [5, 5.41) is 3.49. The van der Waals surface area contributed by atoms with Crippen molar-refractivity contribution in [3.05, 3.63) is 78.4 Å². The van der Waals surface area contributed by atoms with Crippen LogP contribution in [-0.2, 0) is 4.74 Å². The highest BCUT2D eigenvalue weighted by Gasteiger charge is 2.22. The average Bonchev–Trinajstić information content (AvgIpc) is 3.42. The second-order valence-corrected chi connectivity index (χ2v) is 8.24. The summed E-state index contributed by atoms with van der Waals surface area (Å²) < 4.78 is 5.67. The van der Waals surface area contributed by atoms with Crippen LogP contribution in [0.25, 0.3) is 15.9 Å². The number of aromatic nitrogens is 2. The maximum absolute atomic E-state index is 13.1. The molecule has 0 spiro atoms. The molecule has 0 aliphatic carbocycles. The average molecular weight is 456 g/mol. The van der Waals surface area contributed by atoms with Gasteiger partial charge in [0.05, 0.1) is 23.6 Å². The van der Waals surface area contributed by atoms with Crippen LogP contribution in [0.4, 0.5) is 5.69 Å². The van der Waals surface area contributed by atoms with Crippen molar-refractivity contribution in [2.45, 2.75) is 6.92 Å². The summed E-state index contributed by atoms with van der Waals surface area (Å²) in [6.07, 6.45) is 0. The molecule has 3 heterocycles. The first-order chi connectivity index (χ1) is 15.0. The first-order valence-corrected chi connectivity index (χ1v) is 11.0. The van der Waals surface area contributed by atoms with Crippen molar-refractivity contribution in [1.29, 1.82) is 0 Å². The van der Waals surface area contributed by atoms with E-state index in [0.29, 0.717) is 12.1 Å². The number of amides is 1. The summed E-state index contributed by atoms with van der Waals surface area (Å²) in [5.74, 6) is -0.897. The number of H-pyrrole nitrogens is 1. The van der Waals surface area contributed by atoms with Gasteiger partial charge in [-0.05, 0) is 25.1 Å². The molecule has 0 fully saturated rings. The minimum absolute atomic E-state index is 0.0807. The maximum atomic E-state index is 13.1. The number of anilines is 1. The van der Waals surface area contributed by atoms with Crippen LogP contribution in [-0.4, -0.2) is 35.1 Å². The number of fused-ring (bicyclic) bond motifs is 1. The van der Waals surface area contributed by atoms with E-state index in [1.807, 2.05) is 37.3 Å². The summed E-state index contributed by atoms with van der Waals surface area (Å²) in [7, 11) is 1.22. The Hall–Kier alpha value is -3.50. The van der Waals surface area contributed by atoms with Crippen molar-refractivity contribution in [3.8, 4) is 5.00 Å². The van der Waals surface area contributed by atoms with E-state index in [1.165, 1.54) is 18.6 Å². The van der Waals surface area contributed by atoms with Crippen molar-refractivity contribution in [1.82, 2.24) is 9.55 Å². The molecule has 158 valence electrons. The highest BCUT2D eigenvalue weighted by molar-refractivity contribution is 7.13. The Morgan fingerprint density at radius 2 is 1.87 bits per heavy atom. The predicted molar refractivity (Wildman–Crippen MR) is 121 cm³/mol. The maximum Gasteiger partial charge on any atom is 0.348 e. The van der Waals surface area contributed by atoms with E-state index < -0.39 is 17.2 Å². The van der Waals surface area contributed by atoms with E-state index in [4.69, 9.17) is 4.74 Å². The molecule has 0 bridgehead atoms. The van der Waals surface area contributed by atoms with Crippen LogP contribution in [0.3, 0.4) is 0 Å². The molecule has 1 amide bonds. The Kier molecular flexibility index (Phi) is 5.57. The van der Waals surface area contributed by atoms with Gasteiger partial charge in [-0.1, -0.05) is 18.2 Å². The molecule has 0 atom stereocenters. The van der Waals surface area contributed by atoms with Crippen LogP contribution in [0, 0.1) is 0 Å². The van der Waals surface area contributed by atoms with Crippen LogP contribution in [0.5, 0.6) is 0 Å². The lowest BCUT2D eigenvalue weighted by molar-refractivity contribution is 0.0608. The highest BCUT2D eigenvalue weighted by atomic mass is 32.1. The molecule has 0 aliphatic rings. The van der Waals surface area contributed by atoms with Crippen molar-refractivity contribution in [3.63, 3.8) is 0 Å². The van der Waals surface area contributed by atoms with Crippen molar-refractivity contribution in [2.75, 3.05) is 18.6 Å². The number of nitrogens with one attached hydrogen (secondary N) is 1. The Morgan fingerprint density at radius 3 is 2.55 bits per heavy atom. The number of nitrogens with zero attached hydrogens (tertiary/aromatic N) is 2. The first-order valence-electron chi connectivity index (χ1n) is 9.27. The fraction of sp³-hybridized carbons (Fsp3) is 0.143. The Balaban J connectivity index is 1.79. The molecule has 4 rings (SSSR count). The normalized spacial score (nSPS) is 10.9. The van der Waals surface area contributed by atoms with E-state index in [9.17, 15) is 19.2 Å². The first kappa shape index (κ1) is 20.8. The number of hydrogen-bond acceptors (Lipinski definition) is 7. The van der Waals surface area contributed by atoms with E-state index >= 15 is 0 Å². The second kappa shape index (κ2) is 8.32. The summed E-state index contributed by atoms with van der Waals surface area (Å²) in [5.41, 5.74) is 0.0844. The number of esters is 1. The topological polar surface area (TPSA) is 101 Å². The van der Waals surface area contributed by atoms with Gasteiger partial charge in [-0.3, -0.25) is 9.59 Å². The zero-order valence-corrected chi connectivity index (χ0v) is 18.2. The number of benzene rings is 1. The lowest BCUT2D eigenvalue weighted by atomic mass is 10.2. The van der Waals surface area contributed by atoms with E-state index in [0.717, 1.165) is 32.9 Å². The molecule has 0 saturated carbocycles. The van der Waals surface area contributed by atoms with Crippen LogP contribution in [0.15, 0.2) is 56.7 Å². The third-order valence-electron chi connectivity index (χ3n) is 4.71. The number of hydrogen-bond donors (Lipinski definition) is 1. The fourth-order valence-corrected chi connectivity index (χ4v) is 5.03. The van der Waals surface area contributed by atoms with Crippen LogP contribution < -0.4 is 16.1 Å². The Bertz CT molecular complexity index is 1400. The molecule has 0 radical (unpaired) electrons. The van der Waals surface area contributed by atoms with Gasteiger partial charge in [-0.2, -0.15) is 0 Å². The van der Waals surface area contributed by atoms with E-state index in [2.05, 4.69) is 4.98 Å². The number of carbonyl (C=O) groups excluding carboxylic acids is 2. The van der Waals surface area contributed by atoms with Crippen LogP contribution >= 0.6 is 22.7 Å². The Morgan fingerprint density at radius 1 is 1.13 bits per heavy atom. The number of para-hydroxylation sites is 1. The number of carbonyl (C=O) groups is 2. The third-order valence-corrected chi connectivity index (χ3v) is 6.58. The minimum Gasteiger partial charge on any atom is -0.465 e. The minimum atomic E-state index is -0.654. The molecule has 31 heavy (non-hydrogen) atoms. The highest BCUT2D eigenvalue weighted by Crippen LogP contribution is 2.24. The quantitative estimate of drug-likeness (QED) is 0.466. The lowest BCUT2D eigenvalue weighted by Gasteiger charge is -2.20. The smallest absolute Gasteiger partial charge is 0.348 e. The number of ether oxygens (including phenoxy) is 1. The van der Waals surface area contributed by atoms with Gasteiger partial charge in [0, 0.05) is 23.0 Å². The number of rotatable bonds is 5. The molecule has 0 saturated heterocycles. The number of aromatic amines is 1. The van der Waals surface area contributed by atoms with Gasteiger partial charge >= 0.3 is 11.7 Å². The zero-order valence-electron chi connectivity index (χ0n) is 16.6. The van der Waals surface area contributed by atoms with Gasteiger partial charge in [0.1, 0.15) is 9.88 Å². The number of thiophene rings is 2. The number of methoxy groups -OCH3 is 1.